The van der Waals surface area contributed by atoms with Crippen LogP contribution >= 0.6 is 0 Å². The number of amides is 1. The van der Waals surface area contributed by atoms with Crippen molar-refractivity contribution < 1.29 is 9.18 Å². The summed E-state index contributed by atoms with van der Waals surface area (Å²) < 4.78 is 13.6. The molecular weight excluding hydrogens is 269 g/mol. The number of rotatable bonds is 9. The molecule has 0 unspecified atom stereocenters. The van der Waals surface area contributed by atoms with Crippen LogP contribution in [0.1, 0.15) is 42.6 Å². The van der Waals surface area contributed by atoms with Crippen molar-refractivity contribution in [2.45, 2.75) is 39.3 Å². The Morgan fingerprint density at radius 3 is 2.71 bits per heavy atom. The number of carbonyl (C=O) groups excluding carboxylic acids is 1. The number of primary amides is 1. The van der Waals surface area contributed by atoms with Gasteiger partial charge >= 0.3 is 0 Å². The van der Waals surface area contributed by atoms with Crippen LogP contribution in [0.3, 0.4) is 0 Å². The van der Waals surface area contributed by atoms with Gasteiger partial charge in [0.25, 0.3) is 0 Å². The normalized spacial score (nSPS) is 11.3. The third-order valence-electron chi connectivity index (χ3n) is 3.64. The number of nitrogens with one attached hydrogen (secondary N) is 1. The highest BCUT2D eigenvalue weighted by Gasteiger charge is 2.07. The fraction of sp³-hybridized carbons (Fsp3) is 0.562. The first-order chi connectivity index (χ1) is 9.91. The average molecular weight is 295 g/mol. The number of nitrogens with two attached hydrogens (primary N) is 1. The van der Waals surface area contributed by atoms with Crippen LogP contribution in [0.5, 0.6) is 0 Å². The van der Waals surface area contributed by atoms with Gasteiger partial charge in [0.15, 0.2) is 0 Å². The minimum atomic E-state index is -0.534. The smallest absolute Gasteiger partial charge is 0.248 e. The van der Waals surface area contributed by atoms with Gasteiger partial charge in [-0.1, -0.05) is 0 Å². The molecule has 0 bridgehead atoms. The largest absolute Gasteiger partial charge is 0.366 e. The maximum absolute atomic E-state index is 13.6. The van der Waals surface area contributed by atoms with Crippen LogP contribution in [0.4, 0.5) is 4.39 Å². The van der Waals surface area contributed by atoms with Crippen molar-refractivity contribution in [2.24, 2.45) is 5.73 Å². The molecule has 0 heterocycles. The van der Waals surface area contributed by atoms with Crippen molar-refractivity contribution in [3.05, 3.63) is 35.1 Å². The van der Waals surface area contributed by atoms with E-state index in [2.05, 4.69) is 31.1 Å². The van der Waals surface area contributed by atoms with Gasteiger partial charge in [0, 0.05) is 23.7 Å². The molecular formula is C16H26FN3O. The molecule has 3 N–H and O–H groups in total. The number of nitrogens with zero attached hydrogens (tertiary/aromatic N) is 1. The summed E-state index contributed by atoms with van der Waals surface area (Å²) in [6, 6.07) is 4.76. The lowest BCUT2D eigenvalue weighted by Gasteiger charge is -2.20. The molecule has 0 aliphatic carbocycles. The van der Waals surface area contributed by atoms with Gasteiger partial charge in [0.2, 0.25) is 5.91 Å². The highest BCUT2D eigenvalue weighted by atomic mass is 19.1. The van der Waals surface area contributed by atoms with Gasteiger partial charge in [-0.05, 0) is 65.0 Å². The number of unbranched alkanes of at least 4 members (excludes halogenated alkanes) is 1. The van der Waals surface area contributed by atoms with Crippen molar-refractivity contribution in [3.8, 4) is 0 Å². The van der Waals surface area contributed by atoms with E-state index in [9.17, 15) is 9.18 Å². The second kappa shape index (κ2) is 8.74. The Bertz CT molecular complexity index is 463. The quantitative estimate of drug-likeness (QED) is 0.686. The summed E-state index contributed by atoms with van der Waals surface area (Å²) in [5, 5.41) is 3.20. The van der Waals surface area contributed by atoms with Crippen molar-refractivity contribution in [3.63, 3.8) is 0 Å². The topological polar surface area (TPSA) is 58.4 Å². The second-order valence-corrected chi connectivity index (χ2v) is 5.63. The van der Waals surface area contributed by atoms with Gasteiger partial charge in [0.1, 0.15) is 5.82 Å². The number of hydrogen-bond acceptors (Lipinski definition) is 3. The van der Waals surface area contributed by atoms with Crippen molar-refractivity contribution in [2.75, 3.05) is 20.1 Å². The molecule has 0 aromatic heterocycles. The molecule has 0 aliphatic heterocycles. The van der Waals surface area contributed by atoms with E-state index in [0.717, 1.165) is 25.9 Å². The summed E-state index contributed by atoms with van der Waals surface area (Å²) in [5.74, 6) is -0.847. The Morgan fingerprint density at radius 2 is 2.10 bits per heavy atom. The van der Waals surface area contributed by atoms with Crippen LogP contribution in [-0.2, 0) is 6.54 Å². The summed E-state index contributed by atoms with van der Waals surface area (Å²) in [6.07, 6.45) is 2.14. The zero-order valence-corrected chi connectivity index (χ0v) is 13.2. The second-order valence-electron chi connectivity index (χ2n) is 5.63. The zero-order valence-electron chi connectivity index (χ0n) is 13.2. The highest BCUT2D eigenvalue weighted by molar-refractivity contribution is 5.92. The van der Waals surface area contributed by atoms with Crippen LogP contribution in [0.15, 0.2) is 18.2 Å². The van der Waals surface area contributed by atoms with Gasteiger partial charge in [0.05, 0.1) is 0 Å². The summed E-state index contributed by atoms with van der Waals surface area (Å²) in [5.41, 5.74) is 6.01. The Balaban J connectivity index is 2.30. The fourth-order valence-electron chi connectivity index (χ4n) is 1.96. The predicted octanol–water partition coefficient (Wildman–Crippen LogP) is 2.13. The Kier molecular flexibility index (Phi) is 7.32. The number of hydrogen-bond donors (Lipinski definition) is 2. The highest BCUT2D eigenvalue weighted by Crippen LogP contribution is 2.10. The van der Waals surface area contributed by atoms with Gasteiger partial charge in [-0.25, -0.2) is 4.39 Å². The van der Waals surface area contributed by atoms with E-state index < -0.39 is 5.91 Å². The standard InChI is InChI=1S/C16H26FN3O/c1-12(2)20(3)9-5-4-8-19-11-14-10-13(16(18)21)6-7-15(14)17/h6-7,10,12,19H,4-5,8-9,11H2,1-3H3,(H2,18,21). The Hall–Kier alpha value is -1.46. The van der Waals surface area contributed by atoms with Crippen LogP contribution in [-0.4, -0.2) is 37.0 Å². The third kappa shape index (κ3) is 6.23. The van der Waals surface area contributed by atoms with Gasteiger partial charge < -0.3 is 16.0 Å². The lowest BCUT2D eigenvalue weighted by molar-refractivity contribution is 0.1000. The average Bonchev–Trinajstić information content (AvgIpc) is 2.43. The molecule has 118 valence electrons. The van der Waals surface area contributed by atoms with Crippen LogP contribution in [0.2, 0.25) is 0 Å². The van der Waals surface area contributed by atoms with Crippen LogP contribution < -0.4 is 11.1 Å². The van der Waals surface area contributed by atoms with Crippen molar-refractivity contribution >= 4 is 5.91 Å². The minimum Gasteiger partial charge on any atom is -0.366 e. The maximum Gasteiger partial charge on any atom is 0.248 e. The van der Waals surface area contributed by atoms with Crippen molar-refractivity contribution in [1.29, 1.82) is 0 Å². The van der Waals surface area contributed by atoms with Crippen molar-refractivity contribution in [1.82, 2.24) is 10.2 Å². The molecule has 0 aliphatic rings. The molecule has 1 aromatic rings. The van der Waals surface area contributed by atoms with E-state index in [1.54, 1.807) is 0 Å². The molecule has 0 radical (unpaired) electrons. The molecule has 4 nitrogen and oxygen atoms in total. The molecule has 0 fully saturated rings. The van der Waals surface area contributed by atoms with Gasteiger partial charge in [-0.15, -0.1) is 0 Å². The minimum absolute atomic E-state index is 0.313. The first-order valence-electron chi connectivity index (χ1n) is 7.41. The number of benzene rings is 1. The van der Waals surface area contributed by atoms with E-state index in [1.165, 1.54) is 18.2 Å². The summed E-state index contributed by atoms with van der Waals surface area (Å²) in [7, 11) is 2.11. The summed E-state index contributed by atoms with van der Waals surface area (Å²) in [6.45, 7) is 6.64. The third-order valence-corrected chi connectivity index (χ3v) is 3.64. The molecule has 0 saturated carbocycles. The van der Waals surface area contributed by atoms with Gasteiger partial charge in [-0.2, -0.15) is 0 Å². The summed E-state index contributed by atoms with van der Waals surface area (Å²) in [4.78, 5) is 13.4. The van der Waals surface area contributed by atoms with Crippen LogP contribution in [0, 0.1) is 5.82 Å². The molecule has 1 amide bonds. The number of halogens is 1. The monoisotopic (exact) mass is 295 g/mol. The first kappa shape index (κ1) is 17.6. The molecule has 1 rings (SSSR count). The number of carbonyl (C=O) groups is 1. The SMILES string of the molecule is CC(C)N(C)CCCCNCc1cc(C(N)=O)ccc1F. The Morgan fingerprint density at radius 1 is 1.38 bits per heavy atom. The fourth-order valence-corrected chi connectivity index (χ4v) is 1.96. The molecule has 0 atom stereocenters. The summed E-state index contributed by atoms with van der Waals surface area (Å²) >= 11 is 0. The van der Waals surface area contributed by atoms with E-state index in [4.69, 9.17) is 5.73 Å². The lowest BCUT2D eigenvalue weighted by Crippen LogP contribution is -2.27. The molecule has 0 spiro atoms. The van der Waals surface area contributed by atoms with E-state index in [1.807, 2.05) is 0 Å². The molecule has 0 saturated heterocycles. The Labute approximate surface area is 126 Å². The van der Waals surface area contributed by atoms with E-state index >= 15 is 0 Å². The molecule has 5 heteroatoms. The van der Waals surface area contributed by atoms with Crippen LogP contribution in [0.25, 0.3) is 0 Å². The van der Waals surface area contributed by atoms with E-state index in [-0.39, 0.29) is 5.82 Å². The zero-order chi connectivity index (χ0) is 15.8. The van der Waals surface area contributed by atoms with Gasteiger partial charge in [-0.3, -0.25) is 4.79 Å². The van der Waals surface area contributed by atoms with E-state index in [0.29, 0.717) is 23.7 Å². The maximum atomic E-state index is 13.6. The lowest BCUT2D eigenvalue weighted by atomic mass is 10.1. The molecule has 21 heavy (non-hydrogen) atoms. The predicted molar refractivity (Wildman–Crippen MR) is 83.6 cm³/mol. The molecule has 1 aromatic carbocycles. The first-order valence-corrected chi connectivity index (χ1v) is 7.41.